The fourth-order valence-corrected chi connectivity index (χ4v) is 12.1. The van der Waals surface area contributed by atoms with Gasteiger partial charge in [0.1, 0.15) is 46.7 Å². The van der Waals surface area contributed by atoms with E-state index in [1.54, 1.807) is 60.7 Å². The minimum absolute atomic E-state index is 0.0139. The number of hydrogen-bond acceptors (Lipinski definition) is 11. The number of ether oxygens (including phenoxy) is 1. The van der Waals surface area contributed by atoms with E-state index in [4.69, 9.17) is 33.5 Å². The number of anilines is 3. The maximum absolute atomic E-state index is 16.5. The number of nitrogens with one attached hydrogen (secondary N) is 3. The predicted molar refractivity (Wildman–Crippen MR) is 370 cm³/mol. The molecule has 3 unspecified atom stereocenters. The lowest BCUT2D eigenvalue weighted by atomic mass is 9.95. The molecule has 0 spiro atoms. The van der Waals surface area contributed by atoms with E-state index >= 15 is 13.2 Å². The maximum Gasteiger partial charge on any atom is 0.435 e. The van der Waals surface area contributed by atoms with Crippen LogP contribution in [-0.4, -0.2) is 59.3 Å². The summed E-state index contributed by atoms with van der Waals surface area (Å²) in [6.07, 6.45) is -17.5. The van der Waals surface area contributed by atoms with E-state index in [0.29, 0.717) is 56.3 Å². The zero-order valence-electron chi connectivity index (χ0n) is 55.0. The molecule has 3 aromatic heterocycles. The van der Waals surface area contributed by atoms with Gasteiger partial charge in [0.25, 0.3) is 17.7 Å². The summed E-state index contributed by atoms with van der Waals surface area (Å²) in [6, 6.07) is 47.5. The molecule has 12 rings (SSSR count). The summed E-state index contributed by atoms with van der Waals surface area (Å²) in [7, 11) is 1.43. The number of nitrogens with two attached hydrogens (primary N) is 3. The van der Waals surface area contributed by atoms with E-state index in [0.717, 1.165) is 39.7 Å². The lowest BCUT2D eigenvalue weighted by Crippen LogP contribution is -2.18. The highest BCUT2D eigenvalue weighted by atomic mass is 35.5. The Labute approximate surface area is 599 Å². The highest BCUT2D eigenvalue weighted by Crippen LogP contribution is 2.41. The Morgan fingerprint density at radius 1 is 0.434 bits per heavy atom. The van der Waals surface area contributed by atoms with Gasteiger partial charge in [0.15, 0.2) is 17.1 Å². The molecule has 30 heteroatoms. The van der Waals surface area contributed by atoms with Gasteiger partial charge in [-0.15, -0.1) is 11.6 Å². The smallest absolute Gasteiger partial charge is 0.384 e. The number of nitrogens with zero attached hydrogens (tertiary/aromatic N) is 6. The molecule has 12 aromatic rings. The highest BCUT2D eigenvalue weighted by molar-refractivity contribution is 6.22. The first-order chi connectivity index (χ1) is 50.5. The van der Waals surface area contributed by atoms with Crippen LogP contribution >= 0.6 is 11.6 Å². The summed E-state index contributed by atoms with van der Waals surface area (Å²) in [5, 5.41) is 28.6. The average Bonchev–Trinajstić information content (AvgIpc) is 1.58. The number of rotatable bonds is 21. The van der Waals surface area contributed by atoms with Crippen LogP contribution in [0.1, 0.15) is 116 Å². The van der Waals surface area contributed by atoms with Crippen molar-refractivity contribution in [2.75, 3.05) is 23.1 Å². The Bertz CT molecular complexity index is 5330. The number of methoxy groups -OCH3 is 1. The third-order valence-corrected chi connectivity index (χ3v) is 17.6. The SMILES string of the molecule is COC(c1ccccc1)c1ccc(NC(=O)c2cc(C(F)(F)F)nn2-c2cc(CN)ccc2-c2cccc(C(Cl)c3ccc(NC(=O)c4cc(C(F)(F)F)nn4-c4cc(CN)ccc4-c4cccc(C(O)c5ccc(NC(=O)c6cc(C(F)(F)F)nn6-c6cccc(CN)c6)c(F)c5)c4)c(F)c3)c2)c(F)c1. The standard InChI is InChI=1S/C76H57ClF12N12O5/c1-106-70(43-9-3-2-4-10-43)50-20-25-59(56(80)33-50)95-73(105)64-36-66(75(84,85)86)97-100(64)60-27-41(38-91)16-21-52(60)44-11-6-13-46(29-44)68(77)47-18-23-57(54(78)31-47)94-72(104)63-35-67(76(87,88)89)98-101(63)61-28-42(39-92)17-22-53(61)45-12-7-14-48(30-45)69(102)49-19-24-58(55(79)32-49)93-71(103)62-34-65(74(81,82)83)96-99(62)51-15-5-8-40(26-51)37-90/h2-36,68-70,102H,37-39,90-92H2,1H3,(H,93,103)(H,94,104)(H,95,105). The Morgan fingerprint density at radius 3 is 1.27 bits per heavy atom. The molecule has 0 radical (unpaired) electrons. The van der Waals surface area contributed by atoms with Crippen molar-refractivity contribution in [1.82, 2.24) is 29.3 Å². The van der Waals surface area contributed by atoms with Gasteiger partial charge in [-0.2, -0.15) is 54.8 Å². The number of amides is 3. The molecule has 0 aliphatic rings. The molecule has 17 nitrogen and oxygen atoms in total. The van der Waals surface area contributed by atoms with Gasteiger partial charge in [-0.1, -0.05) is 121 Å². The maximum atomic E-state index is 16.5. The number of carbonyl (C=O) groups is 3. The van der Waals surface area contributed by atoms with Crippen LogP contribution in [0.5, 0.6) is 0 Å². The van der Waals surface area contributed by atoms with Crippen molar-refractivity contribution in [3.63, 3.8) is 0 Å². The molecule has 0 bridgehead atoms. The third kappa shape index (κ3) is 15.7. The van der Waals surface area contributed by atoms with E-state index in [1.807, 2.05) is 0 Å². The number of hydrogen-bond donors (Lipinski definition) is 7. The van der Waals surface area contributed by atoms with Gasteiger partial charge < -0.3 is 43.0 Å². The zero-order chi connectivity index (χ0) is 75.7. The Hall–Kier alpha value is -11.7. The monoisotopic (exact) mass is 1480 g/mol. The van der Waals surface area contributed by atoms with Crippen molar-refractivity contribution in [2.45, 2.75) is 55.7 Å². The van der Waals surface area contributed by atoms with Crippen LogP contribution in [0, 0.1) is 17.5 Å². The molecule has 0 aliphatic carbocycles. The van der Waals surface area contributed by atoms with Crippen molar-refractivity contribution in [3.8, 4) is 39.3 Å². The lowest BCUT2D eigenvalue weighted by molar-refractivity contribution is -0.142. The molecule has 10 N–H and O–H groups in total. The highest BCUT2D eigenvalue weighted by Gasteiger charge is 2.40. The van der Waals surface area contributed by atoms with Crippen LogP contribution in [-0.2, 0) is 42.9 Å². The Balaban J connectivity index is 0.791. The fraction of sp³-hybridized carbons (Fsp3) is 0.132. The number of benzene rings is 9. The van der Waals surface area contributed by atoms with Crippen molar-refractivity contribution in [1.29, 1.82) is 0 Å². The average molecular weight is 1480 g/mol. The molecule has 0 fully saturated rings. The molecule has 0 aliphatic heterocycles. The molecule has 0 saturated heterocycles. The lowest BCUT2D eigenvalue weighted by Gasteiger charge is -2.18. The minimum Gasteiger partial charge on any atom is -0.384 e. The number of aromatic nitrogens is 6. The van der Waals surface area contributed by atoms with Crippen molar-refractivity contribution < 1.29 is 76.9 Å². The van der Waals surface area contributed by atoms with Crippen LogP contribution in [0.15, 0.2) is 212 Å². The Morgan fingerprint density at radius 2 is 0.811 bits per heavy atom. The summed E-state index contributed by atoms with van der Waals surface area (Å²) in [5.74, 6) is -6.79. The van der Waals surface area contributed by atoms with Gasteiger partial charge in [0.2, 0.25) is 0 Å². The van der Waals surface area contributed by atoms with E-state index < -0.39 is 117 Å². The molecule has 106 heavy (non-hydrogen) atoms. The number of carbonyl (C=O) groups excluding carboxylic acids is 3. The fourth-order valence-electron chi connectivity index (χ4n) is 11.8. The van der Waals surface area contributed by atoms with Crippen LogP contribution in [0.25, 0.3) is 39.3 Å². The second kappa shape index (κ2) is 30.2. The molecule has 9 aromatic carbocycles. The quantitative estimate of drug-likeness (QED) is 0.0263. The summed E-state index contributed by atoms with van der Waals surface area (Å²) in [4.78, 5) is 42.1. The number of halogens is 13. The minimum atomic E-state index is -5.15. The molecular formula is C76H57ClF12N12O5. The molecule has 3 amide bonds. The molecular weight excluding hydrogens is 1420 g/mol. The molecule has 3 heterocycles. The normalized spacial score (nSPS) is 12.8. The van der Waals surface area contributed by atoms with Crippen molar-refractivity contribution >= 4 is 46.4 Å². The van der Waals surface area contributed by atoms with E-state index in [2.05, 4.69) is 31.2 Å². The van der Waals surface area contributed by atoms with Crippen molar-refractivity contribution in [3.05, 3.63) is 314 Å². The summed E-state index contributed by atoms with van der Waals surface area (Å²) < 4.78 is 186. The first-order valence-electron chi connectivity index (χ1n) is 31.9. The zero-order valence-corrected chi connectivity index (χ0v) is 55.7. The summed E-state index contributed by atoms with van der Waals surface area (Å²) >= 11 is 7.06. The first-order valence-corrected chi connectivity index (χ1v) is 32.4. The predicted octanol–water partition coefficient (Wildman–Crippen LogP) is 16.3. The third-order valence-electron chi connectivity index (χ3n) is 17.1. The van der Waals surface area contributed by atoms with Gasteiger partial charge in [-0.05, 0) is 134 Å². The number of aliphatic hydroxyl groups excluding tert-OH is 1. The van der Waals surface area contributed by atoms with Crippen LogP contribution < -0.4 is 33.2 Å². The molecule has 3 atom stereocenters. The van der Waals surface area contributed by atoms with Gasteiger partial charge in [0.05, 0.1) is 39.5 Å². The van der Waals surface area contributed by atoms with Crippen LogP contribution in [0.3, 0.4) is 0 Å². The number of alkyl halides is 10. The second-order valence-corrected chi connectivity index (χ2v) is 24.5. The van der Waals surface area contributed by atoms with Crippen LogP contribution in [0.4, 0.5) is 69.7 Å². The summed E-state index contributed by atoms with van der Waals surface area (Å²) in [5.41, 5.74) is 13.3. The van der Waals surface area contributed by atoms with Gasteiger partial charge in [0, 0.05) is 56.1 Å². The Kier molecular flexibility index (Phi) is 21.1. The second-order valence-electron chi connectivity index (χ2n) is 24.1. The molecule has 542 valence electrons. The van der Waals surface area contributed by atoms with E-state index in [9.17, 15) is 59.0 Å². The van der Waals surface area contributed by atoms with Gasteiger partial charge in [-0.3, -0.25) is 14.4 Å². The van der Waals surface area contributed by atoms with Crippen LogP contribution in [0.2, 0.25) is 0 Å². The first kappa shape index (κ1) is 74.0. The van der Waals surface area contributed by atoms with Crippen molar-refractivity contribution in [2.24, 2.45) is 17.2 Å². The molecule has 0 saturated carbocycles. The summed E-state index contributed by atoms with van der Waals surface area (Å²) in [6.45, 7) is -0.262. The van der Waals surface area contributed by atoms with E-state index in [-0.39, 0.29) is 81.3 Å². The van der Waals surface area contributed by atoms with Gasteiger partial charge in [-0.25, -0.2) is 27.2 Å². The number of aliphatic hydroxyl groups is 1. The largest absolute Gasteiger partial charge is 0.435 e. The van der Waals surface area contributed by atoms with E-state index in [1.165, 1.54) is 110 Å². The van der Waals surface area contributed by atoms with Gasteiger partial charge >= 0.3 is 18.5 Å². The topological polar surface area (TPSA) is 248 Å².